The number of fused-ring (bicyclic) bond motifs is 1. The van der Waals surface area contributed by atoms with Crippen LogP contribution in [-0.4, -0.2) is 79.3 Å². The number of alkyl halides is 9. The van der Waals surface area contributed by atoms with Crippen LogP contribution < -0.4 is 24.0 Å². The van der Waals surface area contributed by atoms with E-state index >= 15 is 0 Å². The van der Waals surface area contributed by atoms with Crippen molar-refractivity contribution < 1.29 is 82.4 Å². The standard InChI is InChI=1S/C44H42F9N3O9S/c1-2-37(58)62-24-8-4-3-7-23-61-31-15-17-32(18-16-31)64-38(59)28-11-13-29(14-12-28)39(60)65-35-20-19-33(63-27-57)25-30(35)26-54-56(40-55-34-9-5-6-10-36(34)66-40)22-21-41(45,46)42(47,48)43(49,50)44(51,52)53/h2,5-6,9-10,15-20,25-29H,1,3-4,7-8,11-14,21-24H2/b54-26+/t28-,29-. The van der Waals surface area contributed by atoms with Crippen molar-refractivity contribution in [3.8, 4) is 23.0 Å². The van der Waals surface area contributed by atoms with Gasteiger partial charge in [-0.3, -0.25) is 14.4 Å². The lowest BCUT2D eigenvalue weighted by Crippen LogP contribution is -2.61. The molecule has 0 spiro atoms. The summed E-state index contributed by atoms with van der Waals surface area (Å²) < 4.78 is 151. The van der Waals surface area contributed by atoms with Crippen LogP contribution in [0, 0.1) is 11.8 Å². The number of hydrogen-bond acceptors (Lipinski definition) is 13. The van der Waals surface area contributed by atoms with Gasteiger partial charge in [-0.2, -0.15) is 44.6 Å². The Morgan fingerprint density at radius 1 is 0.773 bits per heavy atom. The SMILES string of the molecule is C=CC(=O)OCCCCCCOc1ccc(OC(=O)[C@H]2CC[C@H](C(=O)Oc3ccc(OC=O)cc3/C=N/N(CCC(F)(F)C(F)(F)C(F)(F)C(F)(F)F)c3nc4ccccc4s3)CC2)cc1. The Morgan fingerprint density at radius 2 is 1.38 bits per heavy atom. The predicted octanol–water partition coefficient (Wildman–Crippen LogP) is 10.5. The molecule has 22 heteroatoms. The van der Waals surface area contributed by atoms with Crippen LogP contribution >= 0.6 is 11.3 Å². The molecule has 66 heavy (non-hydrogen) atoms. The fourth-order valence-corrected chi connectivity index (χ4v) is 7.45. The molecule has 3 aromatic carbocycles. The maximum absolute atomic E-state index is 14.7. The second-order valence-corrected chi connectivity index (χ2v) is 15.9. The summed E-state index contributed by atoms with van der Waals surface area (Å²) in [6.07, 6.45) is -3.12. The van der Waals surface area contributed by atoms with Gasteiger partial charge in [0.1, 0.15) is 23.0 Å². The summed E-state index contributed by atoms with van der Waals surface area (Å²) in [5, 5.41) is 4.32. The molecule has 0 amide bonds. The number of hydrogen-bond donors (Lipinski definition) is 0. The first-order valence-corrected chi connectivity index (χ1v) is 21.1. The number of carbonyl (C=O) groups excluding carboxylic acids is 4. The molecule has 1 heterocycles. The number of aromatic nitrogens is 1. The number of para-hydroxylation sites is 1. The molecule has 1 fully saturated rings. The normalized spacial score (nSPS) is 15.8. The fourth-order valence-electron chi connectivity index (χ4n) is 6.50. The molecule has 356 valence electrons. The number of thiazole rings is 1. The molecular weight excluding hydrogens is 918 g/mol. The van der Waals surface area contributed by atoms with E-state index in [1.165, 1.54) is 18.2 Å². The summed E-state index contributed by atoms with van der Waals surface area (Å²) in [7, 11) is 0. The van der Waals surface area contributed by atoms with Gasteiger partial charge in [0.05, 0.1) is 48.0 Å². The van der Waals surface area contributed by atoms with Gasteiger partial charge in [-0.25, -0.2) is 14.8 Å². The molecule has 0 bridgehead atoms. The molecule has 0 saturated heterocycles. The zero-order chi connectivity index (χ0) is 48.1. The molecule has 0 radical (unpaired) electrons. The molecule has 1 aliphatic rings. The summed E-state index contributed by atoms with van der Waals surface area (Å²) in [6, 6.07) is 16.2. The number of rotatable bonds is 23. The van der Waals surface area contributed by atoms with Crippen LogP contribution in [0.1, 0.15) is 63.4 Å². The lowest BCUT2D eigenvalue weighted by atomic mass is 9.82. The van der Waals surface area contributed by atoms with Gasteiger partial charge in [0, 0.05) is 18.1 Å². The second-order valence-electron chi connectivity index (χ2n) is 14.8. The van der Waals surface area contributed by atoms with E-state index in [9.17, 15) is 58.7 Å². The summed E-state index contributed by atoms with van der Waals surface area (Å²) in [4.78, 5) is 52.8. The molecule has 1 aliphatic carbocycles. The number of anilines is 1. The number of nitrogens with zero attached hydrogens (tertiary/aromatic N) is 3. The number of carbonyl (C=O) groups is 4. The highest BCUT2D eigenvalue weighted by Crippen LogP contribution is 2.54. The highest BCUT2D eigenvalue weighted by Gasteiger charge is 2.81. The predicted molar refractivity (Wildman–Crippen MR) is 221 cm³/mol. The monoisotopic (exact) mass is 959 g/mol. The van der Waals surface area contributed by atoms with E-state index in [1.807, 2.05) is 0 Å². The van der Waals surface area contributed by atoms with E-state index in [2.05, 4.69) is 16.7 Å². The molecule has 0 N–H and O–H groups in total. The molecule has 4 aromatic rings. The number of hydrazone groups is 1. The zero-order valence-corrected chi connectivity index (χ0v) is 35.6. The van der Waals surface area contributed by atoms with Crippen molar-refractivity contribution in [1.82, 2.24) is 4.98 Å². The highest BCUT2D eigenvalue weighted by molar-refractivity contribution is 7.22. The lowest BCUT2D eigenvalue weighted by molar-refractivity contribution is -0.396. The first-order chi connectivity index (χ1) is 31.3. The van der Waals surface area contributed by atoms with E-state index in [-0.39, 0.29) is 65.6 Å². The van der Waals surface area contributed by atoms with Crippen molar-refractivity contribution in [1.29, 1.82) is 0 Å². The molecule has 0 unspecified atom stereocenters. The van der Waals surface area contributed by atoms with Crippen molar-refractivity contribution in [2.45, 2.75) is 81.7 Å². The van der Waals surface area contributed by atoms with Crippen molar-refractivity contribution in [2.24, 2.45) is 16.9 Å². The highest BCUT2D eigenvalue weighted by atomic mass is 32.1. The van der Waals surface area contributed by atoms with Crippen molar-refractivity contribution >= 4 is 57.3 Å². The Balaban J connectivity index is 1.20. The Kier molecular flexibility index (Phi) is 17.2. The average molecular weight is 960 g/mol. The van der Waals surface area contributed by atoms with E-state index in [0.717, 1.165) is 55.4 Å². The topological polar surface area (TPSA) is 143 Å². The minimum absolute atomic E-state index is 0.0587. The minimum Gasteiger partial charge on any atom is -0.494 e. The molecule has 0 atom stereocenters. The van der Waals surface area contributed by atoms with Crippen LogP contribution in [0.3, 0.4) is 0 Å². The van der Waals surface area contributed by atoms with Crippen molar-refractivity contribution in [3.05, 3.63) is 84.9 Å². The number of unbranched alkanes of at least 4 members (excludes halogenated alkanes) is 3. The first-order valence-electron chi connectivity index (χ1n) is 20.3. The van der Waals surface area contributed by atoms with Crippen LogP contribution in [0.25, 0.3) is 10.2 Å². The number of esters is 3. The Hall–Kier alpha value is -6.19. The van der Waals surface area contributed by atoms with Crippen LogP contribution in [0.4, 0.5) is 44.6 Å². The van der Waals surface area contributed by atoms with E-state index < -0.39 is 66.7 Å². The maximum Gasteiger partial charge on any atom is 0.460 e. The molecule has 0 aliphatic heterocycles. The average Bonchev–Trinajstić information content (AvgIpc) is 3.72. The third-order valence-corrected chi connectivity index (χ3v) is 11.3. The number of ether oxygens (including phenoxy) is 5. The van der Waals surface area contributed by atoms with Gasteiger partial charge in [0.15, 0.2) is 0 Å². The number of halogens is 9. The third-order valence-electron chi connectivity index (χ3n) is 10.2. The smallest absolute Gasteiger partial charge is 0.460 e. The third kappa shape index (κ3) is 13.0. The van der Waals surface area contributed by atoms with Crippen LogP contribution in [0.2, 0.25) is 0 Å². The molecule has 1 aromatic heterocycles. The Bertz CT molecular complexity index is 2300. The maximum atomic E-state index is 14.7. The largest absolute Gasteiger partial charge is 0.494 e. The molecule has 12 nitrogen and oxygen atoms in total. The van der Waals surface area contributed by atoms with Crippen LogP contribution in [-0.2, 0) is 23.9 Å². The van der Waals surface area contributed by atoms with Gasteiger partial charge in [-0.05, 0) is 106 Å². The lowest BCUT2D eigenvalue weighted by Gasteiger charge is -2.34. The summed E-state index contributed by atoms with van der Waals surface area (Å²) in [5.74, 6) is -22.3. The van der Waals surface area contributed by atoms with Gasteiger partial charge in [0.2, 0.25) is 5.13 Å². The molecular formula is C44H42F9N3O9S. The summed E-state index contributed by atoms with van der Waals surface area (Å²) in [6.45, 7) is 2.81. The molecule has 5 rings (SSSR count). The minimum atomic E-state index is -7.09. The van der Waals surface area contributed by atoms with E-state index in [1.54, 1.807) is 42.5 Å². The quantitative estimate of drug-likeness (QED) is 0.0102. The van der Waals surface area contributed by atoms with E-state index in [4.69, 9.17) is 23.7 Å². The van der Waals surface area contributed by atoms with Crippen LogP contribution in [0.15, 0.2) is 84.5 Å². The van der Waals surface area contributed by atoms with Gasteiger partial charge < -0.3 is 23.7 Å². The summed E-state index contributed by atoms with van der Waals surface area (Å²) in [5.41, 5.74) is 0.128. The van der Waals surface area contributed by atoms with Crippen molar-refractivity contribution in [3.63, 3.8) is 0 Å². The Morgan fingerprint density at radius 3 is 2.00 bits per heavy atom. The summed E-state index contributed by atoms with van der Waals surface area (Å²) >= 11 is 0.798. The fraction of sp³-hybridized carbons (Fsp3) is 0.409. The van der Waals surface area contributed by atoms with Gasteiger partial charge in [-0.1, -0.05) is 30.0 Å². The second kappa shape index (κ2) is 22.3. The van der Waals surface area contributed by atoms with Gasteiger partial charge in [0.25, 0.3) is 6.47 Å². The zero-order valence-electron chi connectivity index (χ0n) is 34.8. The number of benzene rings is 3. The van der Waals surface area contributed by atoms with Gasteiger partial charge >= 0.3 is 41.9 Å². The van der Waals surface area contributed by atoms with Crippen LogP contribution in [0.5, 0.6) is 23.0 Å². The van der Waals surface area contributed by atoms with Crippen molar-refractivity contribution in [2.75, 3.05) is 24.8 Å². The molecule has 1 saturated carbocycles. The van der Waals surface area contributed by atoms with E-state index in [0.29, 0.717) is 28.7 Å². The van der Waals surface area contributed by atoms with Gasteiger partial charge in [-0.15, -0.1) is 0 Å². The first kappa shape index (κ1) is 50.8. The Labute approximate surface area is 375 Å².